The number of amides is 1. The minimum absolute atomic E-state index is 0.0620. The molecule has 0 aromatic carbocycles. The molecule has 1 aromatic rings. The number of carbonyl (C=O) groups excluding carboxylic acids is 1. The van der Waals surface area contributed by atoms with E-state index in [2.05, 4.69) is 10.4 Å². The first-order valence-corrected chi connectivity index (χ1v) is 5.54. The van der Waals surface area contributed by atoms with Crippen LogP contribution in [0.5, 0.6) is 0 Å². The Morgan fingerprint density at radius 1 is 1.69 bits per heavy atom. The number of carbonyl (C=O) groups is 1. The van der Waals surface area contributed by atoms with Crippen molar-refractivity contribution < 1.29 is 4.79 Å². The van der Waals surface area contributed by atoms with Gasteiger partial charge in [0.25, 0.3) is 5.56 Å². The fourth-order valence-electron chi connectivity index (χ4n) is 2.10. The summed E-state index contributed by atoms with van der Waals surface area (Å²) in [6.07, 6.45) is 3.14. The van der Waals surface area contributed by atoms with Crippen molar-refractivity contribution in [3.05, 3.63) is 27.7 Å². The maximum atomic E-state index is 11.6. The van der Waals surface area contributed by atoms with Crippen LogP contribution in [0.1, 0.15) is 24.6 Å². The van der Waals surface area contributed by atoms with Gasteiger partial charge in [0.1, 0.15) is 0 Å². The first kappa shape index (κ1) is 10.9. The van der Waals surface area contributed by atoms with Crippen molar-refractivity contribution in [3.63, 3.8) is 0 Å². The molecule has 0 saturated carbocycles. The lowest BCUT2D eigenvalue weighted by Gasteiger charge is -2.23. The summed E-state index contributed by atoms with van der Waals surface area (Å²) in [7, 11) is 0. The van der Waals surface area contributed by atoms with Crippen molar-refractivity contribution in [1.82, 2.24) is 15.1 Å². The molecule has 1 unspecified atom stereocenters. The van der Waals surface area contributed by atoms with Crippen LogP contribution in [0.25, 0.3) is 0 Å². The summed E-state index contributed by atoms with van der Waals surface area (Å²) in [6.45, 7) is 2.50. The summed E-state index contributed by atoms with van der Waals surface area (Å²) in [6, 6.07) is 1.79. The molecule has 1 atom stereocenters. The van der Waals surface area contributed by atoms with Gasteiger partial charge in [-0.15, -0.1) is 0 Å². The van der Waals surface area contributed by atoms with Crippen molar-refractivity contribution in [1.29, 1.82) is 0 Å². The van der Waals surface area contributed by atoms with E-state index < -0.39 is 0 Å². The normalized spacial score (nSPS) is 18.9. The van der Waals surface area contributed by atoms with Crippen LogP contribution in [0, 0.1) is 0 Å². The second kappa shape index (κ2) is 4.47. The van der Waals surface area contributed by atoms with Crippen molar-refractivity contribution in [2.24, 2.45) is 0 Å². The van der Waals surface area contributed by atoms with Gasteiger partial charge in [-0.05, 0) is 31.7 Å². The third-order valence-corrected chi connectivity index (χ3v) is 2.96. The molecule has 0 bridgehead atoms. The van der Waals surface area contributed by atoms with Gasteiger partial charge in [-0.3, -0.25) is 9.59 Å². The van der Waals surface area contributed by atoms with E-state index in [1.54, 1.807) is 6.07 Å². The van der Waals surface area contributed by atoms with Gasteiger partial charge >= 0.3 is 0 Å². The highest BCUT2D eigenvalue weighted by molar-refractivity contribution is 5.47. The second-order valence-corrected chi connectivity index (χ2v) is 3.99. The Kier molecular flexibility index (Phi) is 3.03. The monoisotopic (exact) mass is 221 g/mol. The Morgan fingerprint density at radius 3 is 3.19 bits per heavy atom. The quantitative estimate of drug-likeness (QED) is 0.723. The SMILES string of the molecule is CCn1nc2c(cc1=O)CC(NC=O)CC2. The van der Waals surface area contributed by atoms with E-state index in [0.29, 0.717) is 13.0 Å². The molecule has 0 spiro atoms. The Balaban J connectivity index is 2.29. The fraction of sp³-hybridized carbons (Fsp3) is 0.545. The van der Waals surface area contributed by atoms with Crippen molar-refractivity contribution >= 4 is 6.41 Å². The molecule has 1 aliphatic rings. The molecular formula is C11H15N3O2. The van der Waals surface area contributed by atoms with Crippen LogP contribution in [0.3, 0.4) is 0 Å². The summed E-state index contributed by atoms with van der Waals surface area (Å²) in [4.78, 5) is 22.0. The topological polar surface area (TPSA) is 64.0 Å². The number of hydrogen-bond acceptors (Lipinski definition) is 3. The highest BCUT2D eigenvalue weighted by Gasteiger charge is 2.20. The molecule has 0 fully saturated rings. The van der Waals surface area contributed by atoms with E-state index >= 15 is 0 Å². The summed E-state index contributed by atoms with van der Waals surface area (Å²) >= 11 is 0. The van der Waals surface area contributed by atoms with E-state index in [9.17, 15) is 9.59 Å². The van der Waals surface area contributed by atoms with E-state index in [1.165, 1.54) is 4.68 Å². The lowest BCUT2D eigenvalue weighted by Crippen LogP contribution is -2.36. The predicted octanol–water partition coefficient (Wildman–Crippen LogP) is -0.134. The van der Waals surface area contributed by atoms with Gasteiger partial charge in [0.2, 0.25) is 6.41 Å². The second-order valence-electron chi connectivity index (χ2n) is 3.99. The fourth-order valence-corrected chi connectivity index (χ4v) is 2.10. The molecule has 1 amide bonds. The van der Waals surface area contributed by atoms with E-state index in [-0.39, 0.29) is 11.6 Å². The number of nitrogens with zero attached hydrogens (tertiary/aromatic N) is 2. The molecule has 0 radical (unpaired) electrons. The average molecular weight is 221 g/mol. The first-order chi connectivity index (χ1) is 7.74. The maximum Gasteiger partial charge on any atom is 0.267 e. The smallest absolute Gasteiger partial charge is 0.267 e. The van der Waals surface area contributed by atoms with E-state index in [0.717, 1.165) is 30.5 Å². The zero-order chi connectivity index (χ0) is 11.5. The minimum Gasteiger partial charge on any atom is -0.356 e. The lowest BCUT2D eigenvalue weighted by atomic mass is 9.92. The zero-order valence-corrected chi connectivity index (χ0v) is 9.27. The first-order valence-electron chi connectivity index (χ1n) is 5.54. The maximum absolute atomic E-state index is 11.6. The lowest BCUT2D eigenvalue weighted by molar-refractivity contribution is -0.110. The number of rotatable bonds is 3. The van der Waals surface area contributed by atoms with Crippen LogP contribution in [0.15, 0.2) is 10.9 Å². The number of fused-ring (bicyclic) bond motifs is 1. The standard InChI is InChI=1S/C11H15N3O2/c1-2-14-11(16)6-8-5-9(12-7-15)3-4-10(8)13-14/h6-7,9H,2-5H2,1H3,(H,12,15). The van der Waals surface area contributed by atoms with E-state index in [4.69, 9.17) is 0 Å². The number of nitrogens with one attached hydrogen (secondary N) is 1. The Labute approximate surface area is 93.5 Å². The molecule has 5 heteroatoms. The molecule has 0 saturated heterocycles. The van der Waals surface area contributed by atoms with Crippen molar-refractivity contribution in [2.45, 2.75) is 38.8 Å². The summed E-state index contributed by atoms with van der Waals surface area (Å²) in [5, 5.41) is 7.07. The van der Waals surface area contributed by atoms with Gasteiger partial charge in [-0.1, -0.05) is 0 Å². The number of hydrogen-bond donors (Lipinski definition) is 1. The third-order valence-electron chi connectivity index (χ3n) is 2.96. The van der Waals surface area contributed by atoms with Gasteiger partial charge in [0, 0.05) is 18.7 Å². The Morgan fingerprint density at radius 2 is 2.50 bits per heavy atom. The Hall–Kier alpha value is -1.65. The predicted molar refractivity (Wildman–Crippen MR) is 59.2 cm³/mol. The van der Waals surface area contributed by atoms with Crippen LogP contribution in [0.2, 0.25) is 0 Å². The molecule has 16 heavy (non-hydrogen) atoms. The van der Waals surface area contributed by atoms with Crippen LogP contribution in [0.4, 0.5) is 0 Å². The third kappa shape index (κ3) is 1.98. The molecule has 1 N–H and O–H groups in total. The largest absolute Gasteiger partial charge is 0.356 e. The molecule has 5 nitrogen and oxygen atoms in total. The Bertz CT molecular complexity index is 453. The molecule has 2 rings (SSSR count). The van der Waals surface area contributed by atoms with Gasteiger partial charge < -0.3 is 5.32 Å². The molecule has 86 valence electrons. The molecule has 0 aliphatic heterocycles. The summed E-state index contributed by atoms with van der Waals surface area (Å²) in [5.41, 5.74) is 1.90. The number of aromatic nitrogens is 2. The molecule has 1 aliphatic carbocycles. The van der Waals surface area contributed by atoms with Gasteiger partial charge in [-0.25, -0.2) is 4.68 Å². The van der Waals surface area contributed by atoms with Crippen LogP contribution < -0.4 is 10.9 Å². The highest BCUT2D eigenvalue weighted by atomic mass is 16.1. The summed E-state index contributed by atoms with van der Waals surface area (Å²) in [5.74, 6) is 0. The van der Waals surface area contributed by atoms with Crippen LogP contribution >= 0.6 is 0 Å². The van der Waals surface area contributed by atoms with Crippen LogP contribution in [-0.2, 0) is 24.2 Å². The summed E-state index contributed by atoms with van der Waals surface area (Å²) < 4.78 is 1.48. The molecule has 1 aromatic heterocycles. The zero-order valence-electron chi connectivity index (χ0n) is 9.27. The average Bonchev–Trinajstić information content (AvgIpc) is 2.28. The number of aryl methyl sites for hydroxylation is 2. The van der Waals surface area contributed by atoms with Gasteiger partial charge in [-0.2, -0.15) is 5.10 Å². The van der Waals surface area contributed by atoms with Gasteiger partial charge in [0.05, 0.1) is 5.69 Å². The van der Waals surface area contributed by atoms with Gasteiger partial charge in [0.15, 0.2) is 0 Å². The van der Waals surface area contributed by atoms with Crippen LogP contribution in [-0.4, -0.2) is 22.2 Å². The van der Waals surface area contributed by atoms with Crippen molar-refractivity contribution in [3.8, 4) is 0 Å². The highest BCUT2D eigenvalue weighted by Crippen LogP contribution is 2.17. The minimum atomic E-state index is -0.0620. The van der Waals surface area contributed by atoms with E-state index in [1.807, 2.05) is 6.92 Å². The van der Waals surface area contributed by atoms with Crippen molar-refractivity contribution in [2.75, 3.05) is 0 Å². The molecule has 1 heterocycles. The molecular weight excluding hydrogens is 206 g/mol.